The van der Waals surface area contributed by atoms with Crippen LogP contribution in [0.25, 0.3) is 6.08 Å². The summed E-state index contributed by atoms with van der Waals surface area (Å²) in [5, 5.41) is 0. The second kappa shape index (κ2) is 8.10. The van der Waals surface area contributed by atoms with Crippen molar-refractivity contribution >= 4 is 11.9 Å². The summed E-state index contributed by atoms with van der Waals surface area (Å²) in [6.45, 7) is -1.14. The number of hydrogen-bond donors (Lipinski definition) is 0. The Morgan fingerprint density at radius 3 is 2.62 bits per heavy atom. The number of furan rings is 1. The molecule has 0 saturated heterocycles. The molecule has 4 nitrogen and oxygen atoms in total. The number of allylic oxidation sites excluding steroid dienone is 3. The molecule has 24 heavy (non-hydrogen) atoms. The van der Waals surface area contributed by atoms with Gasteiger partial charge < -0.3 is 13.9 Å². The van der Waals surface area contributed by atoms with Gasteiger partial charge in [0.2, 0.25) is 0 Å². The van der Waals surface area contributed by atoms with Crippen molar-refractivity contribution < 1.29 is 27.5 Å². The van der Waals surface area contributed by atoms with E-state index in [4.69, 9.17) is 9.15 Å². The van der Waals surface area contributed by atoms with Crippen LogP contribution in [0.4, 0.5) is 8.78 Å². The minimum Gasteiger partial charge on any atom is -0.493 e. The smallest absolute Gasteiger partial charge is 0.387 e. The zero-order valence-corrected chi connectivity index (χ0v) is 13.2. The van der Waals surface area contributed by atoms with Crippen LogP contribution in [0.2, 0.25) is 0 Å². The van der Waals surface area contributed by atoms with E-state index in [-0.39, 0.29) is 17.3 Å². The zero-order valence-electron chi connectivity index (χ0n) is 13.2. The lowest BCUT2D eigenvalue weighted by Crippen LogP contribution is -2.04. The number of carbonyl (C=O) groups excluding carboxylic acids is 1. The van der Waals surface area contributed by atoms with E-state index in [1.807, 2.05) is 6.92 Å². The van der Waals surface area contributed by atoms with Gasteiger partial charge in [-0.1, -0.05) is 6.08 Å². The molecule has 0 fully saturated rings. The second-order valence-electron chi connectivity index (χ2n) is 4.85. The Balaban J connectivity index is 2.13. The van der Waals surface area contributed by atoms with Crippen LogP contribution in [-0.4, -0.2) is 19.5 Å². The number of benzene rings is 1. The number of rotatable bonds is 7. The summed E-state index contributed by atoms with van der Waals surface area (Å²) in [5.41, 5.74) is 1.12. The summed E-state index contributed by atoms with van der Waals surface area (Å²) in [5.74, 6) is 0.336. The van der Waals surface area contributed by atoms with Crippen LogP contribution < -0.4 is 9.47 Å². The van der Waals surface area contributed by atoms with Gasteiger partial charge in [0.1, 0.15) is 5.76 Å². The molecule has 1 aromatic heterocycles. The number of halogens is 2. The van der Waals surface area contributed by atoms with Crippen molar-refractivity contribution in [1.82, 2.24) is 0 Å². The number of alkyl halides is 2. The monoisotopic (exact) mass is 334 g/mol. The second-order valence-corrected chi connectivity index (χ2v) is 4.85. The molecule has 1 heterocycles. The van der Waals surface area contributed by atoms with Crippen LogP contribution in [0.5, 0.6) is 11.5 Å². The maximum absolute atomic E-state index is 12.3. The quantitative estimate of drug-likeness (QED) is 0.417. The Morgan fingerprint density at radius 1 is 1.21 bits per heavy atom. The van der Waals surface area contributed by atoms with Crippen LogP contribution in [0.3, 0.4) is 0 Å². The van der Waals surface area contributed by atoms with Gasteiger partial charge in [0.15, 0.2) is 17.3 Å². The molecular weight excluding hydrogens is 318 g/mol. The van der Waals surface area contributed by atoms with Crippen LogP contribution in [0.1, 0.15) is 23.0 Å². The van der Waals surface area contributed by atoms with Crippen molar-refractivity contribution in [3.8, 4) is 11.5 Å². The average Bonchev–Trinajstić information content (AvgIpc) is 3.05. The number of ketones is 1. The molecule has 126 valence electrons. The highest BCUT2D eigenvalue weighted by Gasteiger charge is 2.13. The van der Waals surface area contributed by atoms with Gasteiger partial charge in [-0.25, -0.2) is 0 Å². The normalized spacial score (nSPS) is 12.0. The molecule has 2 aromatic rings. The lowest BCUT2D eigenvalue weighted by Gasteiger charge is -2.10. The first-order valence-electron chi connectivity index (χ1n) is 7.06. The first-order valence-corrected chi connectivity index (χ1v) is 7.06. The fourth-order valence-electron chi connectivity index (χ4n) is 1.96. The third-order valence-corrected chi connectivity index (χ3v) is 3.07. The molecule has 0 N–H and O–H groups in total. The summed E-state index contributed by atoms with van der Waals surface area (Å²) in [7, 11) is 1.31. The topological polar surface area (TPSA) is 48.7 Å². The standard InChI is InChI=1S/C18H16F2O4/c1-12(10-14-4-3-9-23-14)5-7-15(21)13-6-8-16(24-18(19)20)17(11-13)22-2/h3-11,18H,1-2H3/b7-5+,12-10+. The van der Waals surface area contributed by atoms with Crippen molar-refractivity contribution in [2.24, 2.45) is 0 Å². The lowest BCUT2D eigenvalue weighted by atomic mass is 10.1. The fourth-order valence-corrected chi connectivity index (χ4v) is 1.96. The molecule has 0 radical (unpaired) electrons. The number of carbonyl (C=O) groups is 1. The zero-order chi connectivity index (χ0) is 17.5. The van der Waals surface area contributed by atoms with E-state index in [2.05, 4.69) is 4.74 Å². The van der Waals surface area contributed by atoms with Gasteiger partial charge >= 0.3 is 6.61 Å². The maximum atomic E-state index is 12.3. The predicted octanol–water partition coefficient (Wildman–Crippen LogP) is 4.73. The molecule has 0 unspecified atom stereocenters. The molecule has 6 heteroatoms. The summed E-state index contributed by atoms with van der Waals surface area (Å²) < 4.78 is 39.1. The van der Waals surface area contributed by atoms with Gasteiger partial charge in [-0.3, -0.25) is 4.79 Å². The van der Waals surface area contributed by atoms with E-state index in [0.717, 1.165) is 5.57 Å². The fraction of sp³-hybridized carbons (Fsp3) is 0.167. The first-order chi connectivity index (χ1) is 11.5. The Kier molecular flexibility index (Phi) is 5.89. The SMILES string of the molecule is COc1cc(C(=O)/C=C/C(C)=C/c2ccco2)ccc1OC(F)F. The van der Waals surface area contributed by atoms with E-state index >= 15 is 0 Å². The van der Waals surface area contributed by atoms with E-state index in [9.17, 15) is 13.6 Å². The van der Waals surface area contributed by atoms with Gasteiger partial charge in [0, 0.05) is 5.56 Å². The van der Waals surface area contributed by atoms with Gasteiger partial charge in [-0.15, -0.1) is 0 Å². The Labute approximate surface area is 138 Å². The minimum atomic E-state index is -2.96. The van der Waals surface area contributed by atoms with E-state index < -0.39 is 6.61 Å². The van der Waals surface area contributed by atoms with Crippen molar-refractivity contribution in [3.63, 3.8) is 0 Å². The third kappa shape index (κ3) is 4.81. The largest absolute Gasteiger partial charge is 0.493 e. The Hall–Kier alpha value is -2.89. The molecule has 1 aromatic carbocycles. The Morgan fingerprint density at radius 2 is 2.00 bits per heavy atom. The molecule has 0 atom stereocenters. The summed E-state index contributed by atoms with van der Waals surface area (Å²) in [4.78, 5) is 12.2. The van der Waals surface area contributed by atoms with Gasteiger partial charge in [-0.2, -0.15) is 8.78 Å². The van der Waals surface area contributed by atoms with Crippen molar-refractivity contribution in [2.75, 3.05) is 7.11 Å². The van der Waals surface area contributed by atoms with E-state index in [0.29, 0.717) is 11.3 Å². The highest BCUT2D eigenvalue weighted by atomic mass is 19.3. The number of methoxy groups -OCH3 is 1. The van der Waals surface area contributed by atoms with E-state index in [1.54, 1.807) is 30.5 Å². The number of hydrogen-bond acceptors (Lipinski definition) is 4. The average molecular weight is 334 g/mol. The summed E-state index contributed by atoms with van der Waals surface area (Å²) >= 11 is 0. The Bertz CT molecular complexity index is 746. The highest BCUT2D eigenvalue weighted by Crippen LogP contribution is 2.29. The molecule has 0 aliphatic rings. The summed E-state index contributed by atoms with van der Waals surface area (Å²) in [6.07, 6.45) is 6.37. The first kappa shape index (κ1) is 17.5. The van der Waals surface area contributed by atoms with Gasteiger partial charge in [0.25, 0.3) is 0 Å². The van der Waals surface area contributed by atoms with Crippen molar-refractivity contribution in [1.29, 1.82) is 0 Å². The number of ether oxygens (including phenoxy) is 2. The molecule has 0 aliphatic carbocycles. The van der Waals surface area contributed by atoms with E-state index in [1.165, 1.54) is 31.4 Å². The third-order valence-electron chi connectivity index (χ3n) is 3.07. The molecule has 0 aliphatic heterocycles. The van der Waals surface area contributed by atoms with Crippen LogP contribution >= 0.6 is 0 Å². The molecule has 0 spiro atoms. The van der Waals surface area contributed by atoms with Crippen LogP contribution in [-0.2, 0) is 0 Å². The van der Waals surface area contributed by atoms with Crippen molar-refractivity contribution in [2.45, 2.75) is 13.5 Å². The van der Waals surface area contributed by atoms with Crippen LogP contribution in [0.15, 0.2) is 58.7 Å². The lowest BCUT2D eigenvalue weighted by molar-refractivity contribution is -0.0512. The van der Waals surface area contributed by atoms with Gasteiger partial charge in [0.05, 0.1) is 13.4 Å². The molecule has 2 rings (SSSR count). The molecule has 0 amide bonds. The maximum Gasteiger partial charge on any atom is 0.387 e. The van der Waals surface area contributed by atoms with Crippen LogP contribution in [0, 0.1) is 0 Å². The summed E-state index contributed by atoms with van der Waals surface area (Å²) in [6, 6.07) is 7.60. The molecular formula is C18H16F2O4. The predicted molar refractivity (Wildman–Crippen MR) is 85.5 cm³/mol. The van der Waals surface area contributed by atoms with Crippen molar-refractivity contribution in [3.05, 3.63) is 65.6 Å². The minimum absolute atomic E-state index is 0.0670. The molecule has 0 bridgehead atoms. The van der Waals surface area contributed by atoms with Gasteiger partial charge in [-0.05, 0) is 55.0 Å². The molecule has 0 saturated carbocycles. The highest BCUT2D eigenvalue weighted by molar-refractivity contribution is 6.05.